The minimum Gasteiger partial charge on any atom is -0.393 e. The molecule has 1 fully saturated rings. The number of aliphatic hydroxyl groups excluding tert-OH is 2. The SMILES string of the molecule is CC[C@]1(CO)O[C@H](n2ccc(=O)[nH]c2=O)C[C@@H]1O. The number of nitrogens with one attached hydrogen (secondary N) is 1. The Kier molecular flexibility index (Phi) is 3.38. The number of H-pyrrole nitrogens is 1. The van der Waals surface area contributed by atoms with Gasteiger partial charge >= 0.3 is 5.69 Å². The number of aliphatic hydroxyl groups is 2. The third-order valence-corrected chi connectivity index (χ3v) is 3.43. The van der Waals surface area contributed by atoms with E-state index in [1.54, 1.807) is 6.92 Å². The highest BCUT2D eigenvalue weighted by Gasteiger charge is 2.47. The lowest BCUT2D eigenvalue weighted by Gasteiger charge is -2.28. The zero-order chi connectivity index (χ0) is 13.3. The normalized spacial score (nSPS) is 31.7. The maximum Gasteiger partial charge on any atom is 0.330 e. The maximum atomic E-state index is 11.6. The summed E-state index contributed by atoms with van der Waals surface area (Å²) in [6.07, 6.45) is 0.411. The Labute approximate surface area is 103 Å². The van der Waals surface area contributed by atoms with Crippen LogP contribution in [-0.2, 0) is 4.74 Å². The van der Waals surface area contributed by atoms with E-state index in [9.17, 15) is 19.8 Å². The van der Waals surface area contributed by atoms with Crippen LogP contribution in [0.5, 0.6) is 0 Å². The average Bonchev–Trinajstić information content (AvgIpc) is 2.67. The summed E-state index contributed by atoms with van der Waals surface area (Å²) in [4.78, 5) is 24.7. The van der Waals surface area contributed by atoms with Gasteiger partial charge in [-0.05, 0) is 6.42 Å². The number of ether oxygens (including phenoxy) is 1. The number of nitrogens with zero attached hydrogens (tertiary/aromatic N) is 1. The molecule has 0 unspecified atom stereocenters. The number of hydrogen-bond donors (Lipinski definition) is 3. The summed E-state index contributed by atoms with van der Waals surface area (Å²) < 4.78 is 6.81. The minimum absolute atomic E-state index is 0.195. The largest absolute Gasteiger partial charge is 0.393 e. The molecule has 1 aliphatic heterocycles. The van der Waals surface area contributed by atoms with Crippen LogP contribution in [0.2, 0.25) is 0 Å². The molecule has 7 heteroatoms. The first-order chi connectivity index (χ1) is 8.52. The monoisotopic (exact) mass is 256 g/mol. The van der Waals surface area contributed by atoms with Crippen molar-refractivity contribution in [1.82, 2.24) is 9.55 Å². The fourth-order valence-corrected chi connectivity index (χ4v) is 2.20. The number of hydrogen-bond acceptors (Lipinski definition) is 5. The Morgan fingerprint density at radius 2 is 2.33 bits per heavy atom. The highest BCUT2D eigenvalue weighted by molar-refractivity contribution is 4.96. The topological polar surface area (TPSA) is 105 Å². The number of aromatic nitrogens is 2. The van der Waals surface area contributed by atoms with Gasteiger partial charge in [0.15, 0.2) is 0 Å². The van der Waals surface area contributed by atoms with Crippen molar-refractivity contribution in [1.29, 1.82) is 0 Å². The lowest BCUT2D eigenvalue weighted by Crippen LogP contribution is -2.42. The van der Waals surface area contributed by atoms with E-state index in [4.69, 9.17) is 4.74 Å². The van der Waals surface area contributed by atoms with Gasteiger partial charge in [0.2, 0.25) is 0 Å². The lowest BCUT2D eigenvalue weighted by atomic mass is 9.95. The van der Waals surface area contributed by atoms with Crippen LogP contribution in [0.3, 0.4) is 0 Å². The second-order valence-electron chi connectivity index (χ2n) is 4.42. The molecule has 100 valence electrons. The molecular formula is C11H16N2O5. The maximum absolute atomic E-state index is 11.6. The first-order valence-corrected chi connectivity index (χ1v) is 5.80. The second kappa shape index (κ2) is 4.68. The van der Waals surface area contributed by atoms with Gasteiger partial charge in [0, 0.05) is 18.7 Å². The first-order valence-electron chi connectivity index (χ1n) is 5.80. The van der Waals surface area contributed by atoms with Crippen LogP contribution in [0.4, 0.5) is 0 Å². The Morgan fingerprint density at radius 1 is 1.61 bits per heavy atom. The van der Waals surface area contributed by atoms with Gasteiger partial charge in [-0.25, -0.2) is 4.79 Å². The van der Waals surface area contributed by atoms with Crippen LogP contribution in [-0.4, -0.2) is 38.1 Å². The van der Waals surface area contributed by atoms with Gasteiger partial charge < -0.3 is 14.9 Å². The van der Waals surface area contributed by atoms with Gasteiger partial charge in [-0.15, -0.1) is 0 Å². The summed E-state index contributed by atoms with van der Waals surface area (Å²) >= 11 is 0. The van der Waals surface area contributed by atoms with Crippen molar-refractivity contribution in [2.45, 2.75) is 37.7 Å². The van der Waals surface area contributed by atoms with Gasteiger partial charge in [-0.1, -0.05) is 6.92 Å². The quantitative estimate of drug-likeness (QED) is 0.640. The highest BCUT2D eigenvalue weighted by Crippen LogP contribution is 2.37. The van der Waals surface area contributed by atoms with E-state index in [0.29, 0.717) is 6.42 Å². The van der Waals surface area contributed by atoms with Crippen molar-refractivity contribution in [3.05, 3.63) is 33.1 Å². The third-order valence-electron chi connectivity index (χ3n) is 3.43. The van der Waals surface area contributed by atoms with Crippen molar-refractivity contribution in [3.8, 4) is 0 Å². The Bertz CT molecular complexity index is 531. The fraction of sp³-hybridized carbons (Fsp3) is 0.636. The first kappa shape index (κ1) is 13.0. The van der Waals surface area contributed by atoms with Crippen LogP contribution in [0, 0.1) is 0 Å². The molecule has 0 aliphatic carbocycles. The van der Waals surface area contributed by atoms with Crippen LogP contribution in [0.1, 0.15) is 26.0 Å². The molecule has 18 heavy (non-hydrogen) atoms. The summed E-state index contributed by atoms with van der Waals surface area (Å²) in [5, 5.41) is 19.3. The van der Waals surface area contributed by atoms with Crippen LogP contribution in [0.25, 0.3) is 0 Å². The Morgan fingerprint density at radius 3 is 2.83 bits per heavy atom. The molecule has 1 aromatic heterocycles. The molecule has 0 spiro atoms. The summed E-state index contributed by atoms with van der Waals surface area (Å²) in [5.41, 5.74) is -2.12. The van der Waals surface area contributed by atoms with Crippen LogP contribution in [0.15, 0.2) is 21.9 Å². The lowest BCUT2D eigenvalue weighted by molar-refractivity contribution is -0.130. The molecule has 0 bridgehead atoms. The van der Waals surface area contributed by atoms with Crippen molar-refractivity contribution in [3.63, 3.8) is 0 Å². The van der Waals surface area contributed by atoms with Crippen molar-refractivity contribution < 1.29 is 14.9 Å². The van der Waals surface area contributed by atoms with Crippen molar-refractivity contribution >= 4 is 0 Å². The molecule has 0 saturated carbocycles. The highest BCUT2D eigenvalue weighted by atomic mass is 16.6. The van der Waals surface area contributed by atoms with Gasteiger partial charge in [-0.3, -0.25) is 14.3 Å². The van der Waals surface area contributed by atoms with Gasteiger partial charge in [-0.2, -0.15) is 0 Å². The van der Waals surface area contributed by atoms with E-state index in [0.717, 1.165) is 0 Å². The average molecular weight is 256 g/mol. The van der Waals surface area contributed by atoms with Crippen molar-refractivity contribution in [2.75, 3.05) is 6.61 Å². The molecular weight excluding hydrogens is 240 g/mol. The van der Waals surface area contributed by atoms with Gasteiger partial charge in [0.1, 0.15) is 11.8 Å². The number of aromatic amines is 1. The number of rotatable bonds is 3. The van der Waals surface area contributed by atoms with E-state index >= 15 is 0 Å². The molecule has 7 nitrogen and oxygen atoms in total. The molecule has 0 amide bonds. The zero-order valence-corrected chi connectivity index (χ0v) is 10.00. The van der Waals surface area contributed by atoms with Crippen LogP contribution < -0.4 is 11.2 Å². The van der Waals surface area contributed by atoms with E-state index in [2.05, 4.69) is 4.98 Å². The molecule has 0 radical (unpaired) electrons. The molecule has 3 N–H and O–H groups in total. The fourth-order valence-electron chi connectivity index (χ4n) is 2.20. The van der Waals surface area contributed by atoms with Gasteiger partial charge in [0.25, 0.3) is 5.56 Å². The Hall–Kier alpha value is -1.44. The summed E-state index contributed by atoms with van der Waals surface area (Å²) in [6.45, 7) is 1.47. The molecule has 1 aliphatic rings. The smallest absolute Gasteiger partial charge is 0.330 e. The summed E-state index contributed by atoms with van der Waals surface area (Å²) in [7, 11) is 0. The predicted molar refractivity (Wildman–Crippen MR) is 62.2 cm³/mol. The van der Waals surface area contributed by atoms with Crippen molar-refractivity contribution in [2.24, 2.45) is 0 Å². The molecule has 1 aromatic rings. The van der Waals surface area contributed by atoms with E-state index in [1.165, 1.54) is 16.8 Å². The second-order valence-corrected chi connectivity index (χ2v) is 4.42. The standard InChI is InChI=1S/C11H16N2O5/c1-2-11(6-14)7(15)5-9(18-11)13-4-3-8(16)12-10(13)17/h3-4,7,9,14-15H,2,5-6H2,1H3,(H,12,16,17)/t7-,9-,11+/m0/s1. The molecule has 3 atom stereocenters. The van der Waals surface area contributed by atoms with E-state index in [1.807, 2.05) is 0 Å². The summed E-state index contributed by atoms with van der Waals surface area (Å²) in [5.74, 6) is 0. The molecule has 2 heterocycles. The molecule has 2 rings (SSSR count). The zero-order valence-electron chi connectivity index (χ0n) is 10.00. The molecule has 0 aromatic carbocycles. The van der Waals surface area contributed by atoms with Crippen LogP contribution >= 0.6 is 0 Å². The predicted octanol–water partition coefficient (Wildman–Crippen LogP) is -1.04. The van der Waals surface area contributed by atoms with Gasteiger partial charge in [0.05, 0.1) is 12.7 Å². The third kappa shape index (κ3) is 2.00. The minimum atomic E-state index is -1.04. The summed E-state index contributed by atoms with van der Waals surface area (Å²) in [6, 6.07) is 1.21. The van der Waals surface area contributed by atoms with E-state index < -0.39 is 29.2 Å². The Balaban J connectivity index is 2.32. The molecule has 1 saturated heterocycles. The van der Waals surface area contributed by atoms with E-state index in [-0.39, 0.29) is 13.0 Å².